The summed E-state index contributed by atoms with van der Waals surface area (Å²) in [5, 5.41) is 0. The number of hydrogen-bond acceptors (Lipinski definition) is 1. The zero-order valence-corrected chi connectivity index (χ0v) is 13.0. The Labute approximate surface area is 136 Å². The smallest absolute Gasteiger partial charge is 0.316 e. The summed E-state index contributed by atoms with van der Waals surface area (Å²) in [4.78, 5) is 5.65. The van der Waals surface area contributed by atoms with Crippen LogP contribution in [0.3, 0.4) is 0 Å². The number of benzene rings is 2. The highest BCUT2D eigenvalue weighted by Crippen LogP contribution is 2.20. The Morgan fingerprint density at radius 2 is 1.43 bits per heavy atom. The minimum atomic E-state index is 0.595. The average molecular weight is 301 g/mol. The van der Waals surface area contributed by atoms with Gasteiger partial charge in [-0.25, -0.2) is 0 Å². The van der Waals surface area contributed by atoms with E-state index in [1.807, 2.05) is 30.4 Å². The molecule has 23 heavy (non-hydrogen) atoms. The Balaban J connectivity index is 1.87. The second-order valence-electron chi connectivity index (χ2n) is 5.59. The molecule has 0 saturated carbocycles. The van der Waals surface area contributed by atoms with Crippen molar-refractivity contribution in [2.24, 2.45) is 0 Å². The Hall–Kier alpha value is -2.90. The van der Waals surface area contributed by atoms with E-state index in [1.165, 1.54) is 11.1 Å². The molecule has 0 amide bonds. The summed E-state index contributed by atoms with van der Waals surface area (Å²) >= 11 is 0. The van der Waals surface area contributed by atoms with Crippen LogP contribution in [0, 0.1) is 0 Å². The van der Waals surface area contributed by atoms with E-state index in [4.69, 9.17) is 5.53 Å². The quantitative estimate of drug-likeness (QED) is 0.602. The van der Waals surface area contributed by atoms with Gasteiger partial charge in [-0.05, 0) is 11.1 Å². The van der Waals surface area contributed by atoms with Crippen LogP contribution in [0.2, 0.25) is 0 Å². The molecule has 1 aliphatic carbocycles. The molecule has 0 bridgehead atoms. The van der Waals surface area contributed by atoms with Crippen LogP contribution in [-0.4, -0.2) is 15.4 Å². The van der Waals surface area contributed by atoms with E-state index in [0.717, 1.165) is 25.2 Å². The van der Waals surface area contributed by atoms with Crippen molar-refractivity contribution in [2.45, 2.75) is 19.5 Å². The van der Waals surface area contributed by atoms with E-state index < -0.39 is 0 Å². The lowest BCUT2D eigenvalue weighted by Gasteiger charge is -2.28. The van der Waals surface area contributed by atoms with Gasteiger partial charge in [0.1, 0.15) is 0 Å². The van der Waals surface area contributed by atoms with Crippen molar-refractivity contribution in [1.29, 1.82) is 0 Å². The van der Waals surface area contributed by atoms with Crippen LogP contribution < -0.4 is 0 Å². The minimum absolute atomic E-state index is 0.595. The molecule has 3 rings (SSSR count). The molecule has 0 aliphatic heterocycles. The lowest BCUT2D eigenvalue weighted by molar-refractivity contribution is -0.00186. The SMILES string of the molecule is [N-]=[N+]=C1C=CCC(N(Cc2ccccc2)Cc2ccccc2)=C1. The third-order valence-corrected chi connectivity index (χ3v) is 3.88. The fourth-order valence-electron chi connectivity index (χ4n) is 2.73. The summed E-state index contributed by atoms with van der Waals surface area (Å²) in [5.74, 6) is 0. The van der Waals surface area contributed by atoms with Crippen LogP contribution in [-0.2, 0) is 13.1 Å². The molecule has 0 N–H and O–H groups in total. The number of nitrogens with zero attached hydrogens (tertiary/aromatic N) is 3. The summed E-state index contributed by atoms with van der Waals surface area (Å²) in [6.45, 7) is 1.65. The Bertz CT molecular complexity index is 712. The van der Waals surface area contributed by atoms with Crippen molar-refractivity contribution in [3.8, 4) is 0 Å². The predicted molar refractivity (Wildman–Crippen MR) is 92.6 cm³/mol. The van der Waals surface area contributed by atoms with Crippen LogP contribution in [0.1, 0.15) is 17.5 Å². The van der Waals surface area contributed by atoms with Gasteiger partial charge in [-0.2, -0.15) is 4.79 Å². The fourth-order valence-corrected chi connectivity index (χ4v) is 2.73. The van der Waals surface area contributed by atoms with Crippen LogP contribution in [0.4, 0.5) is 0 Å². The van der Waals surface area contributed by atoms with Crippen molar-refractivity contribution >= 4 is 5.71 Å². The Morgan fingerprint density at radius 1 is 0.870 bits per heavy atom. The molecule has 0 radical (unpaired) electrons. The van der Waals surface area contributed by atoms with Gasteiger partial charge in [0.2, 0.25) is 0 Å². The highest BCUT2D eigenvalue weighted by atomic mass is 15.1. The Kier molecular flexibility index (Phi) is 4.82. The summed E-state index contributed by atoms with van der Waals surface area (Å²) in [6, 6.07) is 20.9. The van der Waals surface area contributed by atoms with Crippen molar-refractivity contribution in [2.75, 3.05) is 0 Å². The first-order valence-electron chi connectivity index (χ1n) is 7.77. The van der Waals surface area contributed by atoms with Gasteiger partial charge >= 0.3 is 5.71 Å². The summed E-state index contributed by atoms with van der Waals surface area (Å²) in [5.41, 5.74) is 13.3. The largest absolute Gasteiger partial charge is 0.366 e. The predicted octanol–water partition coefficient (Wildman–Crippen LogP) is 4.20. The van der Waals surface area contributed by atoms with Gasteiger partial charge in [0, 0.05) is 37.4 Å². The van der Waals surface area contributed by atoms with Crippen molar-refractivity contribution < 1.29 is 4.79 Å². The van der Waals surface area contributed by atoms with Crippen molar-refractivity contribution in [1.82, 2.24) is 4.90 Å². The van der Waals surface area contributed by atoms with Gasteiger partial charge in [0.15, 0.2) is 0 Å². The summed E-state index contributed by atoms with van der Waals surface area (Å²) in [6.07, 6.45) is 6.67. The number of allylic oxidation sites excluding steroid dienone is 3. The van der Waals surface area contributed by atoms with Crippen LogP contribution in [0.15, 0.2) is 84.6 Å². The zero-order chi connectivity index (χ0) is 15.9. The topological polar surface area (TPSA) is 39.6 Å². The molecular formula is C20H19N3. The van der Waals surface area contributed by atoms with E-state index >= 15 is 0 Å². The van der Waals surface area contributed by atoms with Gasteiger partial charge in [-0.15, -0.1) is 0 Å². The molecule has 0 unspecified atom stereocenters. The fraction of sp³-hybridized carbons (Fsp3) is 0.150. The molecular weight excluding hydrogens is 282 g/mol. The Morgan fingerprint density at radius 3 is 1.96 bits per heavy atom. The molecule has 0 aromatic heterocycles. The summed E-state index contributed by atoms with van der Waals surface area (Å²) in [7, 11) is 0. The molecule has 0 heterocycles. The van der Waals surface area contributed by atoms with Crippen LogP contribution in [0.5, 0.6) is 0 Å². The maximum atomic E-state index is 9.04. The van der Waals surface area contributed by atoms with E-state index in [1.54, 1.807) is 0 Å². The molecule has 2 aromatic rings. The molecule has 0 fully saturated rings. The molecule has 0 spiro atoms. The van der Waals surface area contributed by atoms with E-state index in [2.05, 4.69) is 58.2 Å². The van der Waals surface area contributed by atoms with E-state index in [0.29, 0.717) is 5.71 Å². The lowest BCUT2D eigenvalue weighted by Crippen LogP contribution is -2.24. The van der Waals surface area contributed by atoms with Crippen molar-refractivity contribution in [3.05, 3.63) is 101 Å². The van der Waals surface area contributed by atoms with Crippen molar-refractivity contribution in [3.63, 3.8) is 0 Å². The van der Waals surface area contributed by atoms with Gasteiger partial charge < -0.3 is 10.4 Å². The van der Waals surface area contributed by atoms with Crippen LogP contribution in [0.25, 0.3) is 5.53 Å². The normalized spacial score (nSPS) is 13.4. The summed E-state index contributed by atoms with van der Waals surface area (Å²) < 4.78 is 0. The van der Waals surface area contributed by atoms with Crippen LogP contribution >= 0.6 is 0 Å². The molecule has 0 saturated heterocycles. The maximum Gasteiger partial charge on any atom is 0.316 e. The molecule has 2 aromatic carbocycles. The maximum absolute atomic E-state index is 9.04. The zero-order valence-electron chi connectivity index (χ0n) is 13.0. The van der Waals surface area contributed by atoms with Gasteiger partial charge in [-0.3, -0.25) is 0 Å². The standard InChI is InChI=1S/C20H19N3/c21-22-19-12-7-13-20(14-19)23(15-17-8-3-1-4-9-17)16-18-10-5-2-6-11-18/h1-12,14H,13,15-16H2. The average Bonchev–Trinajstić information content (AvgIpc) is 2.63. The van der Waals surface area contributed by atoms with Gasteiger partial charge in [0.25, 0.3) is 0 Å². The first kappa shape index (κ1) is 15.0. The highest BCUT2D eigenvalue weighted by Gasteiger charge is 2.16. The van der Waals surface area contributed by atoms with Gasteiger partial charge in [0.05, 0.1) is 0 Å². The van der Waals surface area contributed by atoms with E-state index in [9.17, 15) is 0 Å². The molecule has 3 heteroatoms. The van der Waals surface area contributed by atoms with Gasteiger partial charge in [-0.1, -0.05) is 66.7 Å². The number of rotatable bonds is 5. The first-order chi connectivity index (χ1) is 11.3. The lowest BCUT2D eigenvalue weighted by atomic mass is 10.1. The second-order valence-corrected chi connectivity index (χ2v) is 5.59. The molecule has 114 valence electrons. The third kappa shape index (κ3) is 4.06. The monoisotopic (exact) mass is 301 g/mol. The molecule has 0 atom stereocenters. The second kappa shape index (κ2) is 7.39. The number of hydrogen-bond donors (Lipinski definition) is 0. The molecule has 1 aliphatic rings. The third-order valence-electron chi connectivity index (χ3n) is 3.88. The van der Waals surface area contributed by atoms with E-state index in [-0.39, 0.29) is 0 Å². The molecule has 3 nitrogen and oxygen atoms in total. The first-order valence-corrected chi connectivity index (χ1v) is 7.77. The minimum Gasteiger partial charge on any atom is -0.366 e. The highest BCUT2D eigenvalue weighted by molar-refractivity contribution is 6.01.